The van der Waals surface area contributed by atoms with Gasteiger partial charge in [0.15, 0.2) is 6.61 Å². The van der Waals surface area contributed by atoms with Gasteiger partial charge in [0.1, 0.15) is 5.75 Å². The monoisotopic (exact) mass is 475 g/mol. The molecule has 11 heteroatoms. The summed E-state index contributed by atoms with van der Waals surface area (Å²) in [7, 11) is 0. The summed E-state index contributed by atoms with van der Waals surface area (Å²) in [5.41, 5.74) is 4.36. The minimum Gasteiger partial charge on any atom is -0.482 e. The summed E-state index contributed by atoms with van der Waals surface area (Å²) < 4.78 is 11.0. The number of thioether (sulfide) groups is 1. The van der Waals surface area contributed by atoms with E-state index in [1.54, 1.807) is 24.4 Å². The van der Waals surface area contributed by atoms with Crippen molar-refractivity contribution in [1.82, 2.24) is 20.6 Å². The predicted octanol–water partition coefficient (Wildman–Crippen LogP) is 4.68. The highest BCUT2D eigenvalue weighted by Gasteiger charge is 2.11. The van der Waals surface area contributed by atoms with E-state index in [9.17, 15) is 4.79 Å². The van der Waals surface area contributed by atoms with E-state index < -0.39 is 0 Å². The summed E-state index contributed by atoms with van der Waals surface area (Å²) >= 11 is 13.0. The maximum absolute atomic E-state index is 12.0. The molecule has 4 rings (SSSR count). The van der Waals surface area contributed by atoms with Crippen molar-refractivity contribution in [3.63, 3.8) is 0 Å². The molecule has 0 atom stereocenters. The minimum absolute atomic E-state index is 0.0377. The van der Waals surface area contributed by atoms with Crippen LogP contribution in [0.4, 0.5) is 0 Å². The molecule has 158 valence electrons. The number of ether oxygens (including phenoxy) is 1. The Morgan fingerprint density at radius 3 is 3.00 bits per heavy atom. The van der Waals surface area contributed by atoms with Gasteiger partial charge in [0.2, 0.25) is 0 Å². The van der Waals surface area contributed by atoms with Crippen LogP contribution < -0.4 is 10.2 Å². The molecule has 2 aromatic carbocycles. The zero-order chi connectivity index (χ0) is 21.6. The summed E-state index contributed by atoms with van der Waals surface area (Å²) in [6, 6.07) is 12.7. The number of nitrogens with zero attached hydrogens (tertiary/aromatic N) is 3. The van der Waals surface area contributed by atoms with Crippen molar-refractivity contribution < 1.29 is 13.9 Å². The van der Waals surface area contributed by atoms with Crippen LogP contribution >= 0.6 is 35.0 Å². The zero-order valence-electron chi connectivity index (χ0n) is 15.8. The van der Waals surface area contributed by atoms with Crippen LogP contribution in [0.25, 0.3) is 10.9 Å². The number of hydrazone groups is 1. The number of para-hydroxylation sites is 1. The number of H-pyrrole nitrogens is 1. The highest BCUT2D eigenvalue weighted by atomic mass is 35.5. The Bertz CT molecular complexity index is 1240. The fourth-order valence-corrected chi connectivity index (χ4v) is 3.66. The number of hydrogen-bond donors (Lipinski definition) is 2. The molecule has 0 aliphatic heterocycles. The number of carbonyl (C=O) groups is 1. The number of aromatic amines is 1. The van der Waals surface area contributed by atoms with Crippen LogP contribution in [-0.4, -0.2) is 33.1 Å². The van der Waals surface area contributed by atoms with E-state index in [0.29, 0.717) is 15.8 Å². The number of fused-ring (bicyclic) bond motifs is 1. The number of nitrogens with one attached hydrogen (secondary N) is 2. The molecule has 0 spiro atoms. The Morgan fingerprint density at radius 1 is 1.26 bits per heavy atom. The van der Waals surface area contributed by atoms with Gasteiger partial charge in [0, 0.05) is 27.7 Å². The van der Waals surface area contributed by atoms with Gasteiger partial charge in [-0.15, -0.1) is 10.2 Å². The van der Waals surface area contributed by atoms with Crippen LogP contribution in [-0.2, 0) is 11.4 Å². The first-order valence-electron chi connectivity index (χ1n) is 8.99. The Hall–Kier alpha value is -3.01. The number of aromatic nitrogens is 3. The van der Waals surface area contributed by atoms with Gasteiger partial charge < -0.3 is 14.1 Å². The molecular weight excluding hydrogens is 461 g/mol. The van der Waals surface area contributed by atoms with Gasteiger partial charge in [-0.05, 0) is 24.3 Å². The van der Waals surface area contributed by atoms with Gasteiger partial charge in [-0.1, -0.05) is 53.2 Å². The van der Waals surface area contributed by atoms with E-state index in [1.807, 2.05) is 30.5 Å². The molecule has 31 heavy (non-hydrogen) atoms. The van der Waals surface area contributed by atoms with Crippen LogP contribution in [0.1, 0.15) is 11.5 Å². The first kappa shape index (κ1) is 21.2. The van der Waals surface area contributed by atoms with Crippen LogP contribution in [0.15, 0.2) is 63.4 Å². The molecule has 2 aromatic heterocycles. The normalized spacial score (nSPS) is 11.3. The predicted molar refractivity (Wildman–Crippen MR) is 120 cm³/mol. The van der Waals surface area contributed by atoms with Gasteiger partial charge in [-0.25, -0.2) is 5.43 Å². The van der Waals surface area contributed by atoms with Gasteiger partial charge in [-0.2, -0.15) is 5.10 Å². The Morgan fingerprint density at radius 2 is 2.13 bits per heavy atom. The number of hydrogen-bond acceptors (Lipinski definition) is 7. The van der Waals surface area contributed by atoms with Crippen LogP contribution in [0, 0.1) is 0 Å². The van der Waals surface area contributed by atoms with Crippen molar-refractivity contribution in [3.8, 4) is 5.75 Å². The van der Waals surface area contributed by atoms with Crippen molar-refractivity contribution in [2.75, 3.05) is 5.75 Å². The molecule has 8 nitrogen and oxygen atoms in total. The third-order valence-corrected chi connectivity index (χ3v) is 5.38. The fraction of sp³-hybridized carbons (Fsp3) is 0.100. The number of halogens is 2. The Labute approximate surface area is 191 Å². The second-order valence-electron chi connectivity index (χ2n) is 6.20. The van der Waals surface area contributed by atoms with Gasteiger partial charge in [0.25, 0.3) is 17.0 Å². The first-order chi connectivity index (χ1) is 15.1. The number of amides is 1. The quantitative estimate of drug-likeness (QED) is 0.217. The second kappa shape index (κ2) is 9.86. The Kier molecular flexibility index (Phi) is 6.76. The zero-order valence-corrected chi connectivity index (χ0v) is 18.2. The molecule has 0 unspecified atom stereocenters. The Balaban J connectivity index is 1.24. The van der Waals surface area contributed by atoms with Crippen molar-refractivity contribution in [3.05, 3.63) is 70.2 Å². The highest BCUT2D eigenvalue weighted by molar-refractivity contribution is 7.99. The van der Waals surface area contributed by atoms with Crippen molar-refractivity contribution >= 4 is 58.0 Å². The standard InChI is InChI=1S/C20H15Cl2N5O3S/c21-13-5-6-17(15(22)7-13)29-10-19-26-27-20(30-19)31-11-18(28)25-24-9-12-8-23-16-4-2-1-3-14(12)16/h1-9,23H,10-11H2,(H,25,28)/b24-9-. The molecule has 0 saturated heterocycles. The molecule has 1 amide bonds. The summed E-state index contributed by atoms with van der Waals surface area (Å²) in [5.74, 6) is 0.471. The molecule has 2 heterocycles. The number of rotatable bonds is 8. The van der Waals surface area contributed by atoms with Crippen molar-refractivity contribution in [2.45, 2.75) is 11.8 Å². The van der Waals surface area contributed by atoms with Gasteiger partial charge in [-0.3, -0.25) is 4.79 Å². The van der Waals surface area contributed by atoms with Crippen LogP contribution in [0.3, 0.4) is 0 Å². The van der Waals surface area contributed by atoms with Gasteiger partial charge >= 0.3 is 0 Å². The molecule has 0 saturated carbocycles. The van der Waals surface area contributed by atoms with Crippen LogP contribution in [0.5, 0.6) is 5.75 Å². The lowest BCUT2D eigenvalue weighted by atomic mass is 10.2. The summed E-state index contributed by atoms with van der Waals surface area (Å²) in [4.78, 5) is 15.1. The summed E-state index contributed by atoms with van der Waals surface area (Å²) in [6.45, 7) is 0.0377. The molecule has 0 radical (unpaired) electrons. The molecule has 0 fully saturated rings. The lowest BCUT2D eigenvalue weighted by Crippen LogP contribution is -2.19. The smallest absolute Gasteiger partial charge is 0.277 e. The molecule has 2 N–H and O–H groups in total. The van der Waals surface area contributed by atoms with E-state index in [2.05, 4.69) is 25.7 Å². The average molecular weight is 476 g/mol. The maximum atomic E-state index is 12.0. The lowest BCUT2D eigenvalue weighted by molar-refractivity contribution is -0.118. The van der Waals surface area contributed by atoms with E-state index in [1.165, 1.54) is 0 Å². The van der Waals surface area contributed by atoms with E-state index in [0.717, 1.165) is 28.2 Å². The average Bonchev–Trinajstić information content (AvgIpc) is 3.39. The van der Waals surface area contributed by atoms with E-state index in [-0.39, 0.29) is 29.4 Å². The maximum Gasteiger partial charge on any atom is 0.277 e. The topological polar surface area (TPSA) is 105 Å². The third-order valence-electron chi connectivity index (χ3n) is 4.03. The van der Waals surface area contributed by atoms with Gasteiger partial charge in [0.05, 0.1) is 17.0 Å². The second-order valence-corrected chi connectivity index (χ2v) is 7.97. The minimum atomic E-state index is -0.301. The number of benzene rings is 2. The summed E-state index contributed by atoms with van der Waals surface area (Å²) in [6.07, 6.45) is 3.42. The molecule has 4 aromatic rings. The molecule has 0 aliphatic rings. The molecule has 0 bridgehead atoms. The van der Waals surface area contributed by atoms with E-state index in [4.69, 9.17) is 32.4 Å². The first-order valence-corrected chi connectivity index (χ1v) is 10.7. The summed E-state index contributed by atoms with van der Waals surface area (Å²) in [5, 5.41) is 13.9. The van der Waals surface area contributed by atoms with Crippen LogP contribution in [0.2, 0.25) is 10.0 Å². The largest absolute Gasteiger partial charge is 0.482 e. The lowest BCUT2D eigenvalue weighted by Gasteiger charge is -2.05. The van der Waals surface area contributed by atoms with E-state index >= 15 is 0 Å². The van der Waals surface area contributed by atoms with Crippen molar-refractivity contribution in [2.24, 2.45) is 5.10 Å². The molecular formula is C20H15Cl2N5O3S. The van der Waals surface area contributed by atoms with Crippen molar-refractivity contribution in [1.29, 1.82) is 0 Å². The number of carbonyl (C=O) groups excluding carboxylic acids is 1. The highest BCUT2D eigenvalue weighted by Crippen LogP contribution is 2.28. The molecule has 0 aliphatic carbocycles. The SMILES string of the molecule is O=C(CSc1nnc(COc2ccc(Cl)cc2Cl)o1)N/N=C\c1c[nH]c2ccccc12. The fourth-order valence-electron chi connectivity index (χ4n) is 2.62. The third kappa shape index (κ3) is 5.57.